The first-order valence-corrected chi connectivity index (χ1v) is 21.7. The fraction of sp³-hybridized carbons (Fsp3) is 0.0492. The molecule has 0 aliphatic heterocycles. The highest BCUT2D eigenvalue weighted by Gasteiger charge is 2.36. The van der Waals surface area contributed by atoms with E-state index in [0.717, 1.165) is 17.1 Å². The number of anilines is 3. The number of hydrogen-bond donors (Lipinski definition) is 0. The van der Waals surface area contributed by atoms with Gasteiger partial charge in [-0.1, -0.05) is 196 Å². The maximum Gasteiger partial charge on any atom is 0.0546 e. The van der Waals surface area contributed by atoms with Gasteiger partial charge in [0.05, 0.1) is 5.69 Å². The molecule has 0 heterocycles. The summed E-state index contributed by atoms with van der Waals surface area (Å²) in [6, 6.07) is 83.3. The minimum atomic E-state index is -0.164. The monoisotopic (exact) mass is 789 g/mol. The Morgan fingerprint density at radius 3 is 1.55 bits per heavy atom. The fourth-order valence-corrected chi connectivity index (χ4v) is 10.5. The topological polar surface area (TPSA) is 3.24 Å². The van der Waals surface area contributed by atoms with Crippen molar-refractivity contribution < 1.29 is 0 Å². The summed E-state index contributed by atoms with van der Waals surface area (Å²) in [7, 11) is 0. The highest BCUT2D eigenvalue weighted by molar-refractivity contribution is 6.20. The lowest BCUT2D eigenvalue weighted by molar-refractivity contribution is 0.660. The molecule has 1 aliphatic rings. The van der Waals surface area contributed by atoms with Crippen molar-refractivity contribution in [1.29, 1.82) is 0 Å². The lowest BCUT2D eigenvalue weighted by Crippen LogP contribution is -2.17. The van der Waals surface area contributed by atoms with Crippen molar-refractivity contribution in [3.63, 3.8) is 0 Å². The molecule has 0 fully saturated rings. The molecule has 1 heteroatoms. The van der Waals surface area contributed by atoms with Crippen molar-refractivity contribution in [2.75, 3.05) is 4.90 Å². The van der Waals surface area contributed by atoms with Crippen LogP contribution in [0.4, 0.5) is 17.1 Å². The lowest BCUT2D eigenvalue weighted by Gasteiger charge is -2.31. The lowest BCUT2D eigenvalue weighted by atomic mass is 9.82. The normalized spacial score (nSPS) is 12.8. The quantitative estimate of drug-likeness (QED) is 0.152. The Morgan fingerprint density at radius 1 is 0.306 bits per heavy atom. The van der Waals surface area contributed by atoms with Crippen molar-refractivity contribution in [3.05, 3.63) is 236 Å². The van der Waals surface area contributed by atoms with E-state index >= 15 is 0 Å². The molecule has 0 amide bonds. The van der Waals surface area contributed by atoms with Gasteiger partial charge in [0.15, 0.2) is 0 Å². The van der Waals surface area contributed by atoms with E-state index < -0.39 is 0 Å². The zero-order valence-electron chi connectivity index (χ0n) is 34.8. The molecule has 0 N–H and O–H groups in total. The van der Waals surface area contributed by atoms with Crippen molar-refractivity contribution in [2.24, 2.45) is 0 Å². The molecule has 11 aromatic carbocycles. The van der Waals surface area contributed by atoms with Crippen LogP contribution in [0.5, 0.6) is 0 Å². The molecule has 0 bridgehead atoms. The van der Waals surface area contributed by atoms with Crippen LogP contribution in [0.15, 0.2) is 224 Å². The first kappa shape index (κ1) is 36.1. The van der Waals surface area contributed by atoms with Crippen molar-refractivity contribution in [3.8, 4) is 44.5 Å². The number of hydrogen-bond acceptors (Lipinski definition) is 1. The highest BCUT2D eigenvalue weighted by Crippen LogP contribution is 2.53. The van der Waals surface area contributed by atoms with E-state index in [1.54, 1.807) is 0 Å². The van der Waals surface area contributed by atoms with Gasteiger partial charge in [-0.2, -0.15) is 0 Å². The molecule has 0 atom stereocenters. The predicted octanol–water partition coefficient (Wildman–Crippen LogP) is 17.1. The van der Waals surface area contributed by atoms with Gasteiger partial charge in [-0.15, -0.1) is 0 Å². The summed E-state index contributed by atoms with van der Waals surface area (Å²) in [5, 5.41) is 9.95. The van der Waals surface area contributed by atoms with Gasteiger partial charge in [0, 0.05) is 22.4 Å². The zero-order valence-corrected chi connectivity index (χ0v) is 34.8. The number of rotatable bonds is 6. The van der Waals surface area contributed by atoms with E-state index in [4.69, 9.17) is 0 Å². The maximum atomic E-state index is 2.53. The van der Waals surface area contributed by atoms with Crippen LogP contribution < -0.4 is 4.90 Å². The molecular weight excluding hydrogens is 747 g/mol. The van der Waals surface area contributed by atoms with Gasteiger partial charge >= 0.3 is 0 Å². The summed E-state index contributed by atoms with van der Waals surface area (Å²) in [5.74, 6) is 0. The fourth-order valence-electron chi connectivity index (χ4n) is 10.5. The second kappa shape index (κ2) is 14.2. The Kier molecular flexibility index (Phi) is 8.27. The number of fused-ring (bicyclic) bond motifs is 9. The molecule has 1 nitrogen and oxygen atoms in total. The van der Waals surface area contributed by atoms with Crippen molar-refractivity contribution >= 4 is 60.2 Å². The predicted molar refractivity (Wildman–Crippen MR) is 265 cm³/mol. The standard InChI is InChI=1S/C61H43N/c1-61(2)57-32-15-14-30-52(57)53-35-34-45(39-58(53)61)62(44-23-16-22-41(36-44)40-18-4-3-5-19-40)59-33-17-31-54(55-37-42-20-6-8-24-46(42)48-26-10-12-28-50(48)55)60(59)56-38-43-21-7-9-25-47(43)49-27-11-13-29-51(49)56/h3-39H,1-2H3. The van der Waals surface area contributed by atoms with Crippen molar-refractivity contribution in [1.82, 2.24) is 0 Å². The largest absolute Gasteiger partial charge is 0.310 e. The van der Waals surface area contributed by atoms with Gasteiger partial charge in [-0.3, -0.25) is 0 Å². The van der Waals surface area contributed by atoms with E-state index in [-0.39, 0.29) is 5.41 Å². The molecule has 0 unspecified atom stereocenters. The molecule has 11 aromatic rings. The smallest absolute Gasteiger partial charge is 0.0546 e. The van der Waals surface area contributed by atoms with E-state index in [1.807, 2.05) is 0 Å². The third-order valence-electron chi connectivity index (χ3n) is 13.4. The van der Waals surface area contributed by atoms with Gasteiger partial charge in [-0.25, -0.2) is 0 Å². The van der Waals surface area contributed by atoms with Gasteiger partial charge in [0.25, 0.3) is 0 Å². The van der Waals surface area contributed by atoms with Crippen LogP contribution in [0.1, 0.15) is 25.0 Å². The van der Waals surface area contributed by atoms with Crippen LogP contribution in [0.25, 0.3) is 87.6 Å². The summed E-state index contributed by atoms with van der Waals surface area (Å²) >= 11 is 0. The molecule has 1 aliphatic carbocycles. The average Bonchev–Trinajstić information content (AvgIpc) is 3.56. The first-order chi connectivity index (χ1) is 30.5. The van der Waals surface area contributed by atoms with Crippen molar-refractivity contribution in [2.45, 2.75) is 19.3 Å². The summed E-state index contributed by atoms with van der Waals surface area (Å²) in [6.07, 6.45) is 0. The maximum absolute atomic E-state index is 2.53. The summed E-state index contributed by atoms with van der Waals surface area (Å²) in [5.41, 5.74) is 15.7. The van der Waals surface area contributed by atoms with Gasteiger partial charge < -0.3 is 4.90 Å². The SMILES string of the molecule is CC1(C)c2ccccc2-c2ccc(N(c3cccc(-c4ccccc4)c3)c3cccc(-c4cc5ccccc5c5ccccc45)c3-c3cc4ccccc4c4ccccc34)cc21. The molecule has 0 saturated heterocycles. The molecule has 0 spiro atoms. The Balaban J connectivity index is 1.21. The molecule has 62 heavy (non-hydrogen) atoms. The van der Waals surface area contributed by atoms with Crippen LogP contribution in [0.3, 0.4) is 0 Å². The number of benzene rings is 11. The first-order valence-electron chi connectivity index (χ1n) is 21.7. The summed E-state index contributed by atoms with van der Waals surface area (Å²) < 4.78 is 0. The second-order valence-corrected chi connectivity index (χ2v) is 17.2. The minimum Gasteiger partial charge on any atom is -0.310 e. The second-order valence-electron chi connectivity index (χ2n) is 17.2. The average molecular weight is 790 g/mol. The van der Waals surface area contributed by atoms with Gasteiger partial charge in [0.2, 0.25) is 0 Å². The Labute approximate surface area is 362 Å². The van der Waals surface area contributed by atoms with Gasteiger partial charge in [0.1, 0.15) is 0 Å². The van der Waals surface area contributed by atoms with Crippen LogP contribution >= 0.6 is 0 Å². The molecule has 12 rings (SSSR count). The number of nitrogens with zero attached hydrogens (tertiary/aromatic N) is 1. The molecule has 0 radical (unpaired) electrons. The minimum absolute atomic E-state index is 0.164. The Morgan fingerprint density at radius 2 is 0.823 bits per heavy atom. The van der Waals surface area contributed by atoms with Crippen LogP contribution in [-0.4, -0.2) is 0 Å². The van der Waals surface area contributed by atoms with Crippen LogP contribution in [-0.2, 0) is 5.41 Å². The van der Waals surface area contributed by atoms with Gasteiger partial charge in [-0.05, 0) is 136 Å². The Bertz CT molecular complexity index is 3560. The molecule has 0 saturated carbocycles. The van der Waals surface area contributed by atoms with E-state index in [0.29, 0.717) is 0 Å². The summed E-state index contributed by atoms with van der Waals surface area (Å²) in [4.78, 5) is 2.53. The third-order valence-corrected chi connectivity index (χ3v) is 13.4. The molecule has 292 valence electrons. The zero-order chi connectivity index (χ0) is 41.4. The van der Waals surface area contributed by atoms with E-state index in [2.05, 4.69) is 243 Å². The molecular formula is C61H43N. The molecule has 0 aromatic heterocycles. The van der Waals surface area contributed by atoms with Crippen LogP contribution in [0.2, 0.25) is 0 Å². The Hall–Kier alpha value is -7.74. The third kappa shape index (κ3) is 5.62. The van der Waals surface area contributed by atoms with E-state index in [1.165, 1.54) is 98.7 Å². The summed E-state index contributed by atoms with van der Waals surface area (Å²) in [6.45, 7) is 4.75. The van der Waals surface area contributed by atoms with E-state index in [9.17, 15) is 0 Å². The van der Waals surface area contributed by atoms with Crippen LogP contribution in [0, 0.1) is 0 Å². The highest BCUT2D eigenvalue weighted by atomic mass is 15.1.